The third-order valence-electron chi connectivity index (χ3n) is 4.09. The Morgan fingerprint density at radius 2 is 1.79 bits per heavy atom. The summed E-state index contributed by atoms with van der Waals surface area (Å²) in [6, 6.07) is 13.4. The number of carbonyl (C=O) groups is 1. The van der Waals surface area contributed by atoms with E-state index < -0.39 is 0 Å². The third kappa shape index (κ3) is 3.36. The van der Waals surface area contributed by atoms with Crippen LogP contribution in [-0.2, 0) is 0 Å². The Kier molecular flexibility index (Phi) is 5.00. The molecule has 1 atom stereocenters. The van der Waals surface area contributed by atoms with E-state index in [1.807, 2.05) is 34.9 Å². The summed E-state index contributed by atoms with van der Waals surface area (Å²) in [5, 5.41) is 0.476. The van der Waals surface area contributed by atoms with E-state index in [1.54, 1.807) is 32.4 Å². The molecular weight excluding hydrogens is 322 g/mol. The smallest absolute Gasteiger partial charge is 0.258 e. The molecule has 1 aliphatic heterocycles. The fourth-order valence-corrected chi connectivity index (χ4v) is 3.90. The van der Waals surface area contributed by atoms with Gasteiger partial charge in [-0.05, 0) is 30.7 Å². The zero-order valence-corrected chi connectivity index (χ0v) is 14.9. The molecule has 0 saturated carbocycles. The minimum atomic E-state index is -0.0330. The van der Waals surface area contributed by atoms with Gasteiger partial charge in [0.25, 0.3) is 5.91 Å². The van der Waals surface area contributed by atoms with Gasteiger partial charge in [0, 0.05) is 28.3 Å². The lowest BCUT2D eigenvalue weighted by Crippen LogP contribution is -2.32. The van der Waals surface area contributed by atoms with Crippen LogP contribution in [0.25, 0.3) is 0 Å². The number of fused-ring (bicyclic) bond motifs is 1. The van der Waals surface area contributed by atoms with Crippen molar-refractivity contribution < 1.29 is 14.3 Å². The number of benzene rings is 2. The number of nitrogens with zero attached hydrogens (tertiary/aromatic N) is 1. The molecule has 126 valence electrons. The summed E-state index contributed by atoms with van der Waals surface area (Å²) in [7, 11) is 3.17. The van der Waals surface area contributed by atoms with Gasteiger partial charge in [0.1, 0.15) is 11.5 Å². The maximum absolute atomic E-state index is 13.2. The number of amides is 1. The van der Waals surface area contributed by atoms with Gasteiger partial charge in [0.15, 0.2) is 0 Å². The van der Waals surface area contributed by atoms with Crippen LogP contribution in [0.5, 0.6) is 11.5 Å². The van der Waals surface area contributed by atoms with Crippen LogP contribution in [0.2, 0.25) is 0 Å². The van der Waals surface area contributed by atoms with E-state index in [1.165, 1.54) is 0 Å². The van der Waals surface area contributed by atoms with Crippen LogP contribution < -0.4 is 14.4 Å². The van der Waals surface area contributed by atoms with E-state index >= 15 is 0 Å². The molecule has 1 heterocycles. The summed E-state index contributed by atoms with van der Waals surface area (Å²) >= 11 is 1.82. The molecule has 0 aliphatic carbocycles. The number of hydrogen-bond acceptors (Lipinski definition) is 4. The molecule has 0 unspecified atom stereocenters. The summed E-state index contributed by atoms with van der Waals surface area (Å²) in [4.78, 5) is 16.2. The van der Waals surface area contributed by atoms with E-state index in [9.17, 15) is 4.79 Å². The van der Waals surface area contributed by atoms with Gasteiger partial charge in [-0.2, -0.15) is 0 Å². The van der Waals surface area contributed by atoms with E-state index in [0.29, 0.717) is 28.9 Å². The van der Waals surface area contributed by atoms with Gasteiger partial charge in [0.05, 0.1) is 19.9 Å². The minimum absolute atomic E-state index is 0.0330. The molecule has 3 rings (SSSR count). The van der Waals surface area contributed by atoms with Crippen molar-refractivity contribution in [2.24, 2.45) is 0 Å². The second-order valence-electron chi connectivity index (χ2n) is 5.74. The average Bonchev–Trinajstić information content (AvgIpc) is 2.78. The molecule has 0 radical (unpaired) electrons. The predicted octanol–water partition coefficient (Wildman–Crippen LogP) is 4.23. The van der Waals surface area contributed by atoms with Gasteiger partial charge >= 0.3 is 0 Å². The normalized spacial score (nSPS) is 17.0. The lowest BCUT2D eigenvalue weighted by Gasteiger charge is -2.23. The predicted molar refractivity (Wildman–Crippen MR) is 97.6 cm³/mol. The zero-order valence-electron chi connectivity index (χ0n) is 14.1. The lowest BCUT2D eigenvalue weighted by atomic mass is 10.1. The first-order valence-corrected chi connectivity index (χ1v) is 8.81. The van der Waals surface area contributed by atoms with Crippen molar-refractivity contribution >= 4 is 23.4 Å². The standard InChI is InChI=1S/C19H21NO3S/c1-13-8-9-20(17-6-4-5-7-18(17)24-13)19(21)14-10-15(22-2)12-16(11-14)23-3/h4-7,10-13H,8-9H2,1-3H3/t13-/m0/s1. The number of ether oxygens (including phenoxy) is 2. The Hall–Kier alpha value is -2.14. The third-order valence-corrected chi connectivity index (χ3v) is 5.32. The van der Waals surface area contributed by atoms with Crippen LogP contribution in [0.3, 0.4) is 0 Å². The number of para-hydroxylation sites is 1. The summed E-state index contributed by atoms with van der Waals surface area (Å²) < 4.78 is 10.6. The molecule has 4 nitrogen and oxygen atoms in total. The number of methoxy groups -OCH3 is 2. The lowest BCUT2D eigenvalue weighted by molar-refractivity contribution is 0.0985. The fraction of sp³-hybridized carbons (Fsp3) is 0.316. The molecule has 1 amide bonds. The van der Waals surface area contributed by atoms with Crippen molar-refractivity contribution in [3.63, 3.8) is 0 Å². The van der Waals surface area contributed by atoms with Crippen molar-refractivity contribution in [2.75, 3.05) is 25.7 Å². The number of hydrogen-bond donors (Lipinski definition) is 0. The van der Waals surface area contributed by atoms with E-state index in [0.717, 1.165) is 17.0 Å². The van der Waals surface area contributed by atoms with Crippen LogP contribution in [0.4, 0.5) is 5.69 Å². The Labute approximate surface area is 146 Å². The molecule has 0 spiro atoms. The quantitative estimate of drug-likeness (QED) is 0.836. The summed E-state index contributed by atoms with van der Waals surface area (Å²) in [6.07, 6.45) is 0.951. The van der Waals surface area contributed by atoms with Crippen molar-refractivity contribution in [3.8, 4) is 11.5 Å². The highest BCUT2D eigenvalue weighted by atomic mass is 32.2. The molecule has 5 heteroatoms. The first kappa shape index (κ1) is 16.7. The van der Waals surface area contributed by atoms with Crippen molar-refractivity contribution in [1.29, 1.82) is 0 Å². The Morgan fingerprint density at radius 1 is 1.12 bits per heavy atom. The molecule has 0 bridgehead atoms. The van der Waals surface area contributed by atoms with Gasteiger partial charge in [-0.15, -0.1) is 11.8 Å². The maximum atomic E-state index is 13.2. The van der Waals surface area contributed by atoms with Crippen molar-refractivity contribution in [3.05, 3.63) is 48.0 Å². The van der Waals surface area contributed by atoms with Crippen LogP contribution >= 0.6 is 11.8 Å². The molecule has 2 aromatic carbocycles. The molecule has 0 saturated heterocycles. The van der Waals surface area contributed by atoms with Crippen LogP contribution in [0, 0.1) is 0 Å². The molecule has 24 heavy (non-hydrogen) atoms. The summed E-state index contributed by atoms with van der Waals surface area (Å²) in [5.41, 5.74) is 1.54. The van der Waals surface area contributed by atoms with Gasteiger partial charge < -0.3 is 14.4 Å². The van der Waals surface area contributed by atoms with Crippen LogP contribution in [0.15, 0.2) is 47.4 Å². The maximum Gasteiger partial charge on any atom is 0.258 e. The number of anilines is 1. The number of carbonyl (C=O) groups excluding carboxylic acids is 1. The van der Waals surface area contributed by atoms with Gasteiger partial charge in [0.2, 0.25) is 0 Å². The zero-order chi connectivity index (χ0) is 17.1. The van der Waals surface area contributed by atoms with Gasteiger partial charge in [-0.1, -0.05) is 19.1 Å². The van der Waals surface area contributed by atoms with E-state index in [4.69, 9.17) is 9.47 Å². The Bertz CT molecular complexity index is 725. The summed E-state index contributed by atoms with van der Waals surface area (Å²) in [5.74, 6) is 1.20. The monoisotopic (exact) mass is 343 g/mol. The first-order valence-electron chi connectivity index (χ1n) is 7.93. The summed E-state index contributed by atoms with van der Waals surface area (Å²) in [6.45, 7) is 2.90. The minimum Gasteiger partial charge on any atom is -0.497 e. The van der Waals surface area contributed by atoms with E-state index in [2.05, 4.69) is 13.0 Å². The Morgan fingerprint density at radius 3 is 2.46 bits per heavy atom. The van der Waals surface area contributed by atoms with Gasteiger partial charge in [-0.3, -0.25) is 4.79 Å². The number of rotatable bonds is 3. The number of thioether (sulfide) groups is 1. The van der Waals surface area contributed by atoms with E-state index in [-0.39, 0.29) is 5.91 Å². The highest BCUT2D eigenvalue weighted by Crippen LogP contribution is 2.38. The second kappa shape index (κ2) is 7.18. The molecule has 0 N–H and O–H groups in total. The molecule has 0 fully saturated rings. The van der Waals surface area contributed by atoms with Crippen LogP contribution in [0.1, 0.15) is 23.7 Å². The molecule has 1 aliphatic rings. The molecule has 0 aromatic heterocycles. The first-order chi connectivity index (χ1) is 11.6. The highest BCUT2D eigenvalue weighted by molar-refractivity contribution is 8.00. The SMILES string of the molecule is COc1cc(OC)cc(C(=O)N2CC[C@H](C)Sc3ccccc32)c1. The van der Waals surface area contributed by atoms with Crippen molar-refractivity contribution in [2.45, 2.75) is 23.5 Å². The van der Waals surface area contributed by atoms with Crippen LogP contribution in [-0.4, -0.2) is 31.9 Å². The average molecular weight is 343 g/mol. The topological polar surface area (TPSA) is 38.8 Å². The molecular formula is C19H21NO3S. The highest BCUT2D eigenvalue weighted by Gasteiger charge is 2.25. The Balaban J connectivity index is 2.01. The fourth-order valence-electron chi connectivity index (χ4n) is 2.78. The molecule has 2 aromatic rings. The van der Waals surface area contributed by atoms with Crippen molar-refractivity contribution in [1.82, 2.24) is 0 Å². The second-order valence-corrected chi connectivity index (χ2v) is 7.22. The largest absolute Gasteiger partial charge is 0.497 e. The van der Waals surface area contributed by atoms with Gasteiger partial charge in [-0.25, -0.2) is 0 Å².